The zero-order chi connectivity index (χ0) is 12.5. The van der Waals surface area contributed by atoms with Crippen LogP contribution in [-0.2, 0) is 4.79 Å². The van der Waals surface area contributed by atoms with Crippen molar-refractivity contribution in [3.05, 3.63) is 23.8 Å². The number of thioether (sulfide) groups is 1. The van der Waals surface area contributed by atoms with E-state index >= 15 is 0 Å². The average molecular weight is 263 g/mol. The largest absolute Gasteiger partial charge is 0.324 e. The van der Waals surface area contributed by atoms with Crippen molar-refractivity contribution in [3.8, 4) is 0 Å². The second-order valence-corrected chi connectivity index (χ2v) is 5.81. The summed E-state index contributed by atoms with van der Waals surface area (Å²) in [5.41, 5.74) is 2.28. The molecule has 18 heavy (non-hydrogen) atoms. The van der Waals surface area contributed by atoms with Crippen LogP contribution in [0.15, 0.2) is 23.1 Å². The normalized spacial score (nSPS) is 24.5. The second kappa shape index (κ2) is 4.91. The zero-order valence-corrected chi connectivity index (χ0v) is 11.2. The van der Waals surface area contributed by atoms with Gasteiger partial charge in [0, 0.05) is 30.6 Å². The molecule has 4 nitrogen and oxygen atoms in total. The molecule has 0 saturated carbocycles. The van der Waals surface area contributed by atoms with Crippen LogP contribution < -0.4 is 10.6 Å². The molecular weight excluding hydrogens is 246 g/mol. The molecule has 1 atom stereocenters. The van der Waals surface area contributed by atoms with Gasteiger partial charge in [-0.3, -0.25) is 9.69 Å². The minimum Gasteiger partial charge on any atom is -0.324 e. The van der Waals surface area contributed by atoms with Crippen LogP contribution in [0.2, 0.25) is 0 Å². The Morgan fingerprint density at radius 1 is 1.44 bits per heavy atom. The topological polar surface area (TPSA) is 44.4 Å². The molecule has 0 bridgehead atoms. The average Bonchev–Trinajstić information content (AvgIpc) is 2.39. The van der Waals surface area contributed by atoms with Crippen molar-refractivity contribution >= 4 is 23.4 Å². The van der Waals surface area contributed by atoms with Crippen molar-refractivity contribution in [2.45, 2.75) is 10.9 Å². The fraction of sp³-hybridized carbons (Fsp3) is 0.462. The number of hydrogen-bond donors (Lipinski definition) is 2. The van der Waals surface area contributed by atoms with E-state index in [0.717, 1.165) is 25.3 Å². The molecule has 2 aliphatic rings. The first-order chi connectivity index (χ1) is 8.74. The molecule has 0 aliphatic carbocycles. The molecule has 2 N–H and O–H groups in total. The van der Waals surface area contributed by atoms with E-state index in [1.54, 1.807) is 11.8 Å². The van der Waals surface area contributed by atoms with Crippen LogP contribution in [0.25, 0.3) is 0 Å². The number of carbonyl (C=O) groups excluding carboxylic acids is 1. The van der Waals surface area contributed by atoms with Crippen molar-refractivity contribution < 1.29 is 4.79 Å². The lowest BCUT2D eigenvalue weighted by atomic mass is 10.0. The Hall–Kier alpha value is -1.04. The first kappa shape index (κ1) is 12.0. The van der Waals surface area contributed by atoms with Gasteiger partial charge in [0.05, 0.1) is 11.4 Å². The van der Waals surface area contributed by atoms with Crippen molar-refractivity contribution in [1.82, 2.24) is 10.2 Å². The van der Waals surface area contributed by atoms with Gasteiger partial charge in [0.25, 0.3) is 0 Å². The maximum absolute atomic E-state index is 11.3. The van der Waals surface area contributed by atoms with Crippen molar-refractivity contribution in [2.75, 3.05) is 37.8 Å². The van der Waals surface area contributed by atoms with Gasteiger partial charge >= 0.3 is 0 Å². The van der Waals surface area contributed by atoms with E-state index in [-0.39, 0.29) is 5.91 Å². The maximum Gasteiger partial charge on any atom is 0.234 e. The number of hydrogen-bond acceptors (Lipinski definition) is 4. The predicted molar refractivity (Wildman–Crippen MR) is 74.0 cm³/mol. The smallest absolute Gasteiger partial charge is 0.234 e. The third-order valence-electron chi connectivity index (χ3n) is 3.53. The highest BCUT2D eigenvalue weighted by Gasteiger charge is 2.22. The van der Waals surface area contributed by atoms with E-state index < -0.39 is 0 Å². The quantitative estimate of drug-likeness (QED) is 0.802. The monoisotopic (exact) mass is 263 g/mol. The predicted octanol–water partition coefficient (Wildman–Crippen LogP) is 1.31. The van der Waals surface area contributed by atoms with Gasteiger partial charge < -0.3 is 10.6 Å². The Balaban J connectivity index is 1.87. The molecule has 0 radical (unpaired) electrons. The number of fused-ring (bicyclic) bond motifs is 1. The fourth-order valence-corrected chi connectivity index (χ4v) is 3.33. The standard InChI is InChI=1S/C13H17N3OS/c1-16-5-4-14-7-11(16)9-2-3-10-12(6-9)18-8-13(17)15-10/h2-3,6,11,14H,4-5,7-8H2,1H3,(H,15,17). The van der Waals surface area contributed by atoms with Crippen LogP contribution in [0.3, 0.4) is 0 Å². The van der Waals surface area contributed by atoms with Crippen LogP contribution in [0.5, 0.6) is 0 Å². The summed E-state index contributed by atoms with van der Waals surface area (Å²) in [5, 5.41) is 6.34. The maximum atomic E-state index is 11.3. The molecule has 1 aromatic rings. The van der Waals surface area contributed by atoms with Gasteiger partial charge in [0.2, 0.25) is 5.91 Å². The molecule has 1 aromatic carbocycles. The molecule has 1 unspecified atom stereocenters. The molecule has 5 heteroatoms. The lowest BCUT2D eigenvalue weighted by Crippen LogP contribution is -2.43. The summed E-state index contributed by atoms with van der Waals surface area (Å²) in [6.07, 6.45) is 0. The van der Waals surface area contributed by atoms with E-state index in [1.165, 1.54) is 10.5 Å². The number of nitrogens with zero attached hydrogens (tertiary/aromatic N) is 1. The Morgan fingerprint density at radius 3 is 3.17 bits per heavy atom. The number of likely N-dealkylation sites (N-methyl/N-ethyl adjacent to an activating group) is 1. The Kier molecular flexibility index (Phi) is 3.28. The number of amides is 1. The van der Waals surface area contributed by atoms with Crippen LogP contribution in [0.1, 0.15) is 11.6 Å². The van der Waals surface area contributed by atoms with E-state index in [1.807, 2.05) is 6.07 Å². The van der Waals surface area contributed by atoms with Gasteiger partial charge in [-0.2, -0.15) is 0 Å². The van der Waals surface area contributed by atoms with Crippen LogP contribution in [-0.4, -0.2) is 43.2 Å². The molecule has 96 valence electrons. The SMILES string of the molecule is CN1CCNCC1c1ccc2c(c1)SCC(=O)N2. The van der Waals surface area contributed by atoms with Gasteiger partial charge in [-0.25, -0.2) is 0 Å². The highest BCUT2D eigenvalue weighted by atomic mass is 32.2. The number of benzene rings is 1. The molecule has 1 amide bonds. The van der Waals surface area contributed by atoms with Crippen LogP contribution >= 0.6 is 11.8 Å². The zero-order valence-electron chi connectivity index (χ0n) is 10.4. The first-order valence-electron chi connectivity index (χ1n) is 6.21. The Labute approximate surface area is 111 Å². The Bertz CT molecular complexity index is 477. The van der Waals surface area contributed by atoms with Gasteiger partial charge in [0.1, 0.15) is 0 Å². The molecule has 0 spiro atoms. The number of carbonyl (C=O) groups is 1. The van der Waals surface area contributed by atoms with Crippen molar-refractivity contribution in [1.29, 1.82) is 0 Å². The minimum atomic E-state index is 0.0942. The molecule has 1 fully saturated rings. The van der Waals surface area contributed by atoms with Gasteiger partial charge in [-0.1, -0.05) is 6.07 Å². The number of piperazine rings is 1. The molecule has 2 aliphatic heterocycles. The number of anilines is 1. The molecule has 0 aromatic heterocycles. The Morgan fingerprint density at radius 2 is 2.33 bits per heavy atom. The summed E-state index contributed by atoms with van der Waals surface area (Å²) >= 11 is 1.63. The summed E-state index contributed by atoms with van der Waals surface area (Å²) in [4.78, 5) is 14.9. The number of rotatable bonds is 1. The van der Waals surface area contributed by atoms with Crippen molar-refractivity contribution in [3.63, 3.8) is 0 Å². The fourth-order valence-electron chi connectivity index (χ4n) is 2.48. The number of nitrogens with one attached hydrogen (secondary N) is 2. The van der Waals surface area contributed by atoms with Gasteiger partial charge in [-0.15, -0.1) is 11.8 Å². The van der Waals surface area contributed by atoms with E-state index in [4.69, 9.17) is 0 Å². The first-order valence-corrected chi connectivity index (χ1v) is 7.20. The summed E-state index contributed by atoms with van der Waals surface area (Å²) < 4.78 is 0. The minimum absolute atomic E-state index is 0.0942. The van der Waals surface area contributed by atoms with Gasteiger partial charge in [-0.05, 0) is 24.7 Å². The lowest BCUT2D eigenvalue weighted by Gasteiger charge is -2.34. The summed E-state index contributed by atoms with van der Waals surface area (Å²) in [6.45, 7) is 3.13. The van der Waals surface area contributed by atoms with E-state index in [0.29, 0.717) is 11.8 Å². The molecule has 1 saturated heterocycles. The lowest BCUT2D eigenvalue weighted by molar-refractivity contribution is -0.113. The van der Waals surface area contributed by atoms with E-state index in [9.17, 15) is 4.79 Å². The summed E-state index contributed by atoms with van der Waals surface area (Å²) in [6, 6.07) is 6.80. The van der Waals surface area contributed by atoms with Gasteiger partial charge in [0.15, 0.2) is 0 Å². The summed E-state index contributed by atoms with van der Waals surface area (Å²) in [5.74, 6) is 0.617. The van der Waals surface area contributed by atoms with Crippen molar-refractivity contribution in [2.24, 2.45) is 0 Å². The molecular formula is C13H17N3OS. The molecule has 3 rings (SSSR count). The highest BCUT2D eigenvalue weighted by Crippen LogP contribution is 2.34. The highest BCUT2D eigenvalue weighted by molar-refractivity contribution is 8.00. The second-order valence-electron chi connectivity index (χ2n) is 4.79. The van der Waals surface area contributed by atoms with Crippen LogP contribution in [0.4, 0.5) is 5.69 Å². The third kappa shape index (κ3) is 2.25. The third-order valence-corrected chi connectivity index (χ3v) is 4.59. The molecule has 2 heterocycles. The summed E-state index contributed by atoms with van der Waals surface area (Å²) in [7, 11) is 2.17. The van der Waals surface area contributed by atoms with Crippen LogP contribution in [0, 0.1) is 0 Å². The van der Waals surface area contributed by atoms with E-state index in [2.05, 4.69) is 34.7 Å².